The van der Waals surface area contributed by atoms with E-state index >= 15 is 0 Å². The Morgan fingerprint density at radius 3 is 2.58 bits per heavy atom. The third kappa shape index (κ3) is 4.33. The standard InChI is InChI=1S/C23H20ClN3O3S/c1-15-6-4-9-18(24)21(15)25-20(28)14-27-19-10-3-2-8-17(19)22(29)26(23(27)30)12-11-16-7-5-13-31-16/h2-10,13H,11-12,14H2,1H3,(H,25,28). The van der Waals surface area contributed by atoms with Crippen LogP contribution in [0.1, 0.15) is 10.4 Å². The maximum absolute atomic E-state index is 13.2. The first-order chi connectivity index (χ1) is 15.0. The second kappa shape index (κ2) is 8.91. The SMILES string of the molecule is Cc1cccc(Cl)c1NC(=O)Cn1c(=O)n(CCc2cccs2)c(=O)c2ccccc21. The van der Waals surface area contributed by atoms with Gasteiger partial charge in [0, 0.05) is 11.4 Å². The van der Waals surface area contributed by atoms with Gasteiger partial charge in [-0.25, -0.2) is 4.79 Å². The summed E-state index contributed by atoms with van der Waals surface area (Å²) in [5.41, 5.74) is 0.898. The second-order valence-corrected chi connectivity index (χ2v) is 8.59. The van der Waals surface area contributed by atoms with Gasteiger partial charge >= 0.3 is 5.69 Å². The number of nitrogens with one attached hydrogen (secondary N) is 1. The zero-order valence-electron chi connectivity index (χ0n) is 16.8. The lowest BCUT2D eigenvalue weighted by Gasteiger charge is -2.15. The minimum absolute atomic E-state index is 0.233. The Morgan fingerprint density at radius 2 is 1.84 bits per heavy atom. The number of fused-ring (bicyclic) bond motifs is 1. The van der Waals surface area contributed by atoms with E-state index in [1.807, 2.05) is 30.5 Å². The summed E-state index contributed by atoms with van der Waals surface area (Å²) in [5, 5.41) is 5.57. The summed E-state index contributed by atoms with van der Waals surface area (Å²) in [6.07, 6.45) is 0.566. The molecule has 0 saturated heterocycles. The Hall–Kier alpha value is -3.16. The molecular formula is C23H20ClN3O3S. The number of aryl methyl sites for hydroxylation is 2. The molecule has 0 aliphatic heterocycles. The van der Waals surface area contributed by atoms with Gasteiger partial charge in [-0.05, 0) is 48.6 Å². The Balaban J connectivity index is 1.71. The summed E-state index contributed by atoms with van der Waals surface area (Å²) in [6, 6.07) is 16.1. The Kier molecular flexibility index (Phi) is 6.06. The quantitative estimate of drug-likeness (QED) is 0.478. The summed E-state index contributed by atoms with van der Waals surface area (Å²) >= 11 is 7.79. The molecule has 0 aliphatic rings. The molecule has 0 radical (unpaired) electrons. The van der Waals surface area contributed by atoms with Gasteiger partial charge in [0.05, 0.1) is 21.6 Å². The molecule has 4 aromatic rings. The molecule has 1 N–H and O–H groups in total. The molecule has 31 heavy (non-hydrogen) atoms. The fourth-order valence-corrected chi connectivity index (χ4v) is 4.48. The predicted molar refractivity (Wildman–Crippen MR) is 125 cm³/mol. The highest BCUT2D eigenvalue weighted by atomic mass is 35.5. The molecule has 0 unspecified atom stereocenters. The smallest absolute Gasteiger partial charge is 0.323 e. The van der Waals surface area contributed by atoms with Crippen LogP contribution in [-0.2, 0) is 24.3 Å². The van der Waals surface area contributed by atoms with E-state index in [1.165, 1.54) is 9.13 Å². The highest BCUT2D eigenvalue weighted by Gasteiger charge is 2.16. The first kappa shape index (κ1) is 21.1. The third-order valence-electron chi connectivity index (χ3n) is 5.08. The number of halogens is 1. The lowest BCUT2D eigenvalue weighted by Crippen LogP contribution is -2.42. The number of anilines is 1. The molecule has 1 amide bonds. The lowest BCUT2D eigenvalue weighted by atomic mass is 10.2. The summed E-state index contributed by atoms with van der Waals surface area (Å²) < 4.78 is 2.54. The van der Waals surface area contributed by atoms with Crippen molar-refractivity contribution in [2.75, 3.05) is 5.32 Å². The zero-order valence-corrected chi connectivity index (χ0v) is 18.4. The number of carbonyl (C=O) groups is 1. The zero-order chi connectivity index (χ0) is 22.0. The van der Waals surface area contributed by atoms with Crippen LogP contribution in [-0.4, -0.2) is 15.0 Å². The van der Waals surface area contributed by atoms with Crippen LogP contribution < -0.4 is 16.6 Å². The van der Waals surface area contributed by atoms with Crippen LogP contribution in [0.5, 0.6) is 0 Å². The molecule has 0 atom stereocenters. The third-order valence-corrected chi connectivity index (χ3v) is 6.33. The maximum atomic E-state index is 13.2. The molecule has 2 aromatic carbocycles. The van der Waals surface area contributed by atoms with Crippen molar-refractivity contribution in [1.82, 2.24) is 9.13 Å². The van der Waals surface area contributed by atoms with Gasteiger partial charge in [-0.15, -0.1) is 11.3 Å². The minimum Gasteiger partial charge on any atom is -0.323 e. The van der Waals surface area contributed by atoms with E-state index in [-0.39, 0.29) is 18.6 Å². The van der Waals surface area contributed by atoms with E-state index in [1.54, 1.807) is 47.7 Å². The van der Waals surface area contributed by atoms with E-state index in [2.05, 4.69) is 5.32 Å². The van der Waals surface area contributed by atoms with Gasteiger partial charge in [-0.2, -0.15) is 0 Å². The van der Waals surface area contributed by atoms with Gasteiger partial charge in [-0.1, -0.05) is 41.9 Å². The first-order valence-electron chi connectivity index (χ1n) is 9.75. The average molecular weight is 454 g/mol. The van der Waals surface area contributed by atoms with Crippen LogP contribution in [0.2, 0.25) is 5.02 Å². The molecule has 2 aromatic heterocycles. The number of thiophene rings is 1. The molecule has 0 spiro atoms. The number of benzene rings is 2. The molecule has 0 aliphatic carbocycles. The summed E-state index contributed by atoms with van der Waals surface area (Å²) in [6.45, 7) is 1.85. The van der Waals surface area contributed by atoms with Crippen molar-refractivity contribution >= 4 is 45.4 Å². The van der Waals surface area contributed by atoms with Gasteiger partial charge < -0.3 is 5.32 Å². The summed E-state index contributed by atoms with van der Waals surface area (Å²) in [7, 11) is 0. The van der Waals surface area contributed by atoms with E-state index in [0.717, 1.165) is 10.4 Å². The number of amides is 1. The topological polar surface area (TPSA) is 73.1 Å². The van der Waals surface area contributed by atoms with Crippen LogP contribution in [0.15, 0.2) is 69.6 Å². The molecule has 158 valence electrons. The van der Waals surface area contributed by atoms with Crippen LogP contribution >= 0.6 is 22.9 Å². The van der Waals surface area contributed by atoms with Gasteiger partial charge in [0.15, 0.2) is 0 Å². The number of rotatable bonds is 6. The molecule has 4 rings (SSSR count). The number of para-hydroxylation sites is 2. The molecule has 0 fully saturated rings. The van der Waals surface area contributed by atoms with Crippen molar-refractivity contribution in [2.24, 2.45) is 0 Å². The second-order valence-electron chi connectivity index (χ2n) is 7.15. The van der Waals surface area contributed by atoms with Gasteiger partial charge in [0.2, 0.25) is 5.91 Å². The molecular weight excluding hydrogens is 434 g/mol. The molecule has 0 saturated carbocycles. The Bertz CT molecular complexity index is 1350. The van der Waals surface area contributed by atoms with Crippen molar-refractivity contribution in [3.8, 4) is 0 Å². The highest BCUT2D eigenvalue weighted by molar-refractivity contribution is 7.09. The van der Waals surface area contributed by atoms with Crippen LogP contribution in [0, 0.1) is 6.92 Å². The molecule has 6 nitrogen and oxygen atoms in total. The molecule has 0 bridgehead atoms. The van der Waals surface area contributed by atoms with Gasteiger partial charge in [0.25, 0.3) is 5.56 Å². The summed E-state index contributed by atoms with van der Waals surface area (Å²) in [5.74, 6) is -0.396. The maximum Gasteiger partial charge on any atom is 0.331 e. The largest absolute Gasteiger partial charge is 0.331 e. The van der Waals surface area contributed by atoms with E-state index < -0.39 is 11.6 Å². The number of aromatic nitrogens is 2. The lowest BCUT2D eigenvalue weighted by molar-refractivity contribution is -0.116. The molecule has 8 heteroatoms. The fraction of sp³-hybridized carbons (Fsp3) is 0.174. The van der Waals surface area contributed by atoms with Crippen molar-refractivity contribution in [1.29, 1.82) is 0 Å². The van der Waals surface area contributed by atoms with Gasteiger partial charge in [-0.3, -0.25) is 18.7 Å². The van der Waals surface area contributed by atoms with Gasteiger partial charge in [0.1, 0.15) is 6.54 Å². The summed E-state index contributed by atoms with van der Waals surface area (Å²) in [4.78, 5) is 40.1. The highest BCUT2D eigenvalue weighted by Crippen LogP contribution is 2.25. The van der Waals surface area contributed by atoms with E-state index in [0.29, 0.717) is 28.0 Å². The predicted octanol–water partition coefficient (Wildman–Crippen LogP) is 4.07. The average Bonchev–Trinajstić information content (AvgIpc) is 3.27. The van der Waals surface area contributed by atoms with E-state index in [9.17, 15) is 14.4 Å². The van der Waals surface area contributed by atoms with Crippen molar-refractivity contribution in [3.05, 3.63) is 96.3 Å². The number of hydrogen-bond acceptors (Lipinski definition) is 4. The van der Waals surface area contributed by atoms with Crippen LogP contribution in [0.4, 0.5) is 5.69 Å². The van der Waals surface area contributed by atoms with Crippen molar-refractivity contribution < 1.29 is 4.79 Å². The minimum atomic E-state index is -0.508. The Morgan fingerprint density at radius 1 is 1.03 bits per heavy atom. The van der Waals surface area contributed by atoms with E-state index in [4.69, 9.17) is 11.6 Å². The van der Waals surface area contributed by atoms with Crippen LogP contribution in [0.3, 0.4) is 0 Å². The normalized spacial score (nSPS) is 11.0. The monoisotopic (exact) mass is 453 g/mol. The number of carbonyl (C=O) groups excluding carboxylic acids is 1. The fourth-order valence-electron chi connectivity index (χ4n) is 3.51. The molecule has 2 heterocycles. The number of hydrogen-bond donors (Lipinski definition) is 1. The van der Waals surface area contributed by atoms with Crippen molar-refractivity contribution in [3.63, 3.8) is 0 Å². The number of nitrogens with zero attached hydrogens (tertiary/aromatic N) is 2. The van der Waals surface area contributed by atoms with Crippen LogP contribution in [0.25, 0.3) is 10.9 Å². The van der Waals surface area contributed by atoms with Crippen molar-refractivity contribution in [2.45, 2.75) is 26.4 Å². The Labute approximate surface area is 187 Å². The first-order valence-corrected chi connectivity index (χ1v) is 11.0.